The van der Waals surface area contributed by atoms with Gasteiger partial charge in [0.15, 0.2) is 0 Å². The Morgan fingerprint density at radius 2 is 1.96 bits per heavy atom. The van der Waals surface area contributed by atoms with Gasteiger partial charge in [-0.25, -0.2) is 18.1 Å². The van der Waals surface area contributed by atoms with E-state index in [-0.39, 0.29) is 11.4 Å². The molecule has 0 radical (unpaired) electrons. The molecule has 0 unspecified atom stereocenters. The molecule has 0 spiro atoms. The van der Waals surface area contributed by atoms with Crippen LogP contribution in [0.5, 0.6) is 0 Å². The Hall–Kier alpha value is -1.44. The fraction of sp³-hybridized carbons (Fsp3) is 0.353. The number of hydrogen-bond acceptors (Lipinski definition) is 4. The van der Waals surface area contributed by atoms with Crippen LogP contribution in [0.15, 0.2) is 45.9 Å². The lowest BCUT2D eigenvalue weighted by molar-refractivity contribution is 0.580. The van der Waals surface area contributed by atoms with Gasteiger partial charge in [-0.1, -0.05) is 12.1 Å². The van der Waals surface area contributed by atoms with Gasteiger partial charge >= 0.3 is 0 Å². The summed E-state index contributed by atoms with van der Waals surface area (Å²) in [5.41, 5.74) is 1.84. The van der Waals surface area contributed by atoms with Crippen LogP contribution in [0.3, 0.4) is 0 Å². The molecule has 1 aromatic carbocycles. The van der Waals surface area contributed by atoms with Gasteiger partial charge in [0.05, 0.1) is 4.90 Å². The molecule has 1 aromatic heterocycles. The maximum atomic E-state index is 12.4. The lowest BCUT2D eigenvalue weighted by Crippen LogP contribution is -2.24. The summed E-state index contributed by atoms with van der Waals surface area (Å²) < 4.78 is 28.1. The molecule has 2 heterocycles. The zero-order valence-electron chi connectivity index (χ0n) is 13.5. The molecule has 5 nitrogen and oxygen atoms in total. The molecule has 1 saturated heterocycles. The van der Waals surface area contributed by atoms with Crippen LogP contribution in [-0.2, 0) is 16.6 Å². The largest absolute Gasteiger partial charge is 0.357 e. The van der Waals surface area contributed by atoms with Gasteiger partial charge in [-0.05, 0) is 65.0 Å². The van der Waals surface area contributed by atoms with Gasteiger partial charge in [0, 0.05) is 30.3 Å². The molecule has 128 valence electrons. The second-order valence-electron chi connectivity index (χ2n) is 5.98. The molecule has 0 amide bonds. The van der Waals surface area contributed by atoms with E-state index < -0.39 is 10.0 Å². The monoisotopic (exact) mass is 409 g/mol. The number of hydrogen-bond donors (Lipinski definition) is 1. The maximum Gasteiger partial charge on any atom is 0.241 e. The van der Waals surface area contributed by atoms with Crippen LogP contribution in [0.4, 0.5) is 5.82 Å². The van der Waals surface area contributed by atoms with Crippen molar-refractivity contribution in [1.82, 2.24) is 9.71 Å². The fourth-order valence-electron chi connectivity index (χ4n) is 2.73. The zero-order valence-corrected chi connectivity index (χ0v) is 15.9. The van der Waals surface area contributed by atoms with E-state index in [0.717, 1.165) is 30.0 Å². The third-order valence-corrected chi connectivity index (χ3v) is 6.46. The second-order valence-corrected chi connectivity index (χ2v) is 8.57. The topological polar surface area (TPSA) is 62.3 Å². The van der Waals surface area contributed by atoms with E-state index in [9.17, 15) is 8.42 Å². The van der Waals surface area contributed by atoms with E-state index in [0.29, 0.717) is 4.47 Å². The molecule has 0 bridgehead atoms. The van der Waals surface area contributed by atoms with Crippen LogP contribution >= 0.6 is 15.9 Å². The van der Waals surface area contributed by atoms with Crippen molar-refractivity contribution in [2.75, 3.05) is 18.0 Å². The number of nitrogens with one attached hydrogen (secondary N) is 1. The zero-order chi connectivity index (χ0) is 17.2. The Bertz CT molecular complexity index is 816. The molecular formula is C17H20BrN3O2S. The number of pyridine rings is 1. The SMILES string of the molecule is Cc1ccc(S(=O)(=O)NCc2ccc(N3CCCC3)nc2)c(Br)c1. The summed E-state index contributed by atoms with van der Waals surface area (Å²) in [6.07, 6.45) is 4.14. The first-order valence-electron chi connectivity index (χ1n) is 7.91. The number of aryl methyl sites for hydroxylation is 1. The molecule has 1 fully saturated rings. The summed E-state index contributed by atoms with van der Waals surface area (Å²) in [5, 5.41) is 0. The highest BCUT2D eigenvalue weighted by molar-refractivity contribution is 9.10. The molecule has 0 aliphatic carbocycles. The molecule has 1 aliphatic rings. The average Bonchev–Trinajstić information content (AvgIpc) is 3.07. The molecular weight excluding hydrogens is 390 g/mol. The number of halogens is 1. The highest BCUT2D eigenvalue weighted by atomic mass is 79.9. The van der Waals surface area contributed by atoms with E-state index >= 15 is 0 Å². The van der Waals surface area contributed by atoms with Gasteiger partial charge in [-0.2, -0.15) is 0 Å². The highest BCUT2D eigenvalue weighted by Crippen LogP contribution is 2.23. The minimum absolute atomic E-state index is 0.218. The predicted molar refractivity (Wildman–Crippen MR) is 98.6 cm³/mol. The Morgan fingerprint density at radius 1 is 1.21 bits per heavy atom. The number of rotatable bonds is 5. The number of aromatic nitrogens is 1. The molecule has 7 heteroatoms. The third kappa shape index (κ3) is 3.96. The standard InChI is InChI=1S/C17H20BrN3O2S/c1-13-4-6-16(15(18)10-13)24(22,23)20-12-14-5-7-17(19-11-14)21-8-2-3-9-21/h4-7,10-11,20H,2-3,8-9,12H2,1H3. The molecule has 0 atom stereocenters. The van der Waals surface area contributed by atoms with Crippen LogP contribution < -0.4 is 9.62 Å². The van der Waals surface area contributed by atoms with Crippen LogP contribution in [0, 0.1) is 6.92 Å². The Kier molecular flexibility index (Phi) is 5.22. The lowest BCUT2D eigenvalue weighted by atomic mass is 10.2. The van der Waals surface area contributed by atoms with Crippen molar-refractivity contribution in [3.63, 3.8) is 0 Å². The predicted octanol–water partition coefficient (Wildman–Crippen LogP) is 3.23. The summed E-state index contributed by atoms with van der Waals surface area (Å²) >= 11 is 3.32. The molecule has 0 saturated carbocycles. The van der Waals surface area contributed by atoms with E-state index in [2.05, 4.69) is 30.5 Å². The van der Waals surface area contributed by atoms with Crippen LogP contribution in [0.1, 0.15) is 24.0 Å². The summed E-state index contributed by atoms with van der Waals surface area (Å²) in [7, 11) is -3.57. The quantitative estimate of drug-likeness (QED) is 0.822. The molecule has 1 N–H and O–H groups in total. The van der Waals surface area contributed by atoms with Gasteiger partial charge < -0.3 is 4.90 Å². The van der Waals surface area contributed by atoms with Crippen molar-refractivity contribution in [3.8, 4) is 0 Å². The van der Waals surface area contributed by atoms with Crippen molar-refractivity contribution in [3.05, 3.63) is 52.1 Å². The Labute approximate surface area is 151 Å². The van der Waals surface area contributed by atoms with Crippen LogP contribution in [-0.4, -0.2) is 26.5 Å². The Morgan fingerprint density at radius 3 is 2.58 bits per heavy atom. The van der Waals surface area contributed by atoms with Crippen molar-refractivity contribution in [1.29, 1.82) is 0 Å². The van der Waals surface area contributed by atoms with Crippen molar-refractivity contribution in [2.24, 2.45) is 0 Å². The van der Waals surface area contributed by atoms with Gasteiger partial charge in [0.25, 0.3) is 0 Å². The first-order chi connectivity index (χ1) is 11.5. The number of anilines is 1. The van der Waals surface area contributed by atoms with Gasteiger partial charge in [0.2, 0.25) is 10.0 Å². The average molecular weight is 410 g/mol. The molecule has 3 rings (SSSR count). The van der Waals surface area contributed by atoms with Crippen molar-refractivity contribution >= 4 is 31.8 Å². The highest BCUT2D eigenvalue weighted by Gasteiger charge is 2.18. The molecule has 24 heavy (non-hydrogen) atoms. The van der Waals surface area contributed by atoms with E-state index in [1.807, 2.05) is 19.1 Å². The van der Waals surface area contributed by atoms with Gasteiger partial charge in [0.1, 0.15) is 5.82 Å². The Balaban J connectivity index is 1.68. The summed E-state index contributed by atoms with van der Waals surface area (Å²) in [4.78, 5) is 6.94. The number of nitrogens with zero attached hydrogens (tertiary/aromatic N) is 2. The lowest BCUT2D eigenvalue weighted by Gasteiger charge is -2.16. The summed E-state index contributed by atoms with van der Waals surface area (Å²) in [6.45, 7) is 4.22. The normalized spacial score (nSPS) is 15.0. The molecule has 1 aliphatic heterocycles. The summed E-state index contributed by atoms with van der Waals surface area (Å²) in [5.74, 6) is 0.959. The minimum atomic E-state index is -3.57. The maximum absolute atomic E-state index is 12.4. The number of benzene rings is 1. The van der Waals surface area contributed by atoms with E-state index in [1.165, 1.54) is 12.8 Å². The van der Waals surface area contributed by atoms with Crippen molar-refractivity contribution in [2.45, 2.75) is 31.2 Å². The molecule has 2 aromatic rings. The first-order valence-corrected chi connectivity index (χ1v) is 10.2. The first kappa shape index (κ1) is 17.4. The fourth-order valence-corrected chi connectivity index (χ4v) is 4.94. The summed E-state index contributed by atoms with van der Waals surface area (Å²) in [6, 6.07) is 9.06. The third-order valence-electron chi connectivity index (χ3n) is 4.08. The smallest absolute Gasteiger partial charge is 0.241 e. The second kappa shape index (κ2) is 7.21. The van der Waals surface area contributed by atoms with Gasteiger partial charge in [-0.15, -0.1) is 0 Å². The van der Waals surface area contributed by atoms with Gasteiger partial charge in [-0.3, -0.25) is 0 Å². The van der Waals surface area contributed by atoms with E-state index in [4.69, 9.17) is 0 Å². The number of sulfonamides is 1. The van der Waals surface area contributed by atoms with Crippen molar-refractivity contribution < 1.29 is 8.42 Å². The minimum Gasteiger partial charge on any atom is -0.357 e. The van der Waals surface area contributed by atoms with Crippen LogP contribution in [0.25, 0.3) is 0 Å². The van der Waals surface area contributed by atoms with E-state index in [1.54, 1.807) is 24.4 Å². The van der Waals surface area contributed by atoms with Crippen LogP contribution in [0.2, 0.25) is 0 Å².